The molecule has 0 saturated carbocycles. The van der Waals surface area contributed by atoms with Gasteiger partial charge in [0.25, 0.3) is 11.6 Å². The number of hydrogen-bond acceptors (Lipinski definition) is 3. The molecule has 1 N–H and O–H groups in total. The Morgan fingerprint density at radius 1 is 1.15 bits per heavy atom. The van der Waals surface area contributed by atoms with Gasteiger partial charge in [0.2, 0.25) is 0 Å². The molecule has 2 rings (SSSR count). The minimum atomic E-state index is -0.553. The average Bonchev–Trinajstić information content (AvgIpc) is 2.46. The highest BCUT2D eigenvalue weighted by Gasteiger charge is 2.18. The molecule has 0 aliphatic heterocycles. The van der Waals surface area contributed by atoms with Crippen molar-refractivity contribution in [2.24, 2.45) is 0 Å². The monoisotopic (exact) mass is 270 g/mol. The molecular formula is C15H14N2O3. The molecule has 0 spiro atoms. The van der Waals surface area contributed by atoms with Crippen molar-refractivity contribution in [1.82, 2.24) is 5.32 Å². The molecule has 1 amide bonds. The zero-order chi connectivity index (χ0) is 14.5. The highest BCUT2D eigenvalue weighted by Crippen LogP contribution is 2.17. The van der Waals surface area contributed by atoms with Crippen LogP contribution in [0.15, 0.2) is 48.5 Å². The quantitative estimate of drug-likeness (QED) is 0.685. The van der Waals surface area contributed by atoms with Crippen molar-refractivity contribution in [3.63, 3.8) is 0 Å². The third-order valence-electron chi connectivity index (χ3n) is 3.05. The van der Waals surface area contributed by atoms with Gasteiger partial charge in [-0.25, -0.2) is 0 Å². The van der Waals surface area contributed by atoms with Crippen LogP contribution in [0.25, 0.3) is 0 Å². The van der Waals surface area contributed by atoms with Gasteiger partial charge in [-0.15, -0.1) is 0 Å². The lowest BCUT2D eigenvalue weighted by molar-refractivity contribution is -0.385. The maximum atomic E-state index is 12.0. The van der Waals surface area contributed by atoms with Gasteiger partial charge in [-0.1, -0.05) is 36.4 Å². The molecule has 0 heterocycles. The van der Waals surface area contributed by atoms with E-state index < -0.39 is 10.8 Å². The first-order chi connectivity index (χ1) is 9.59. The zero-order valence-corrected chi connectivity index (χ0v) is 11.0. The Balaban J connectivity index is 2.14. The topological polar surface area (TPSA) is 72.2 Å². The fourth-order valence-corrected chi connectivity index (χ4v) is 1.90. The molecule has 0 bridgehead atoms. The van der Waals surface area contributed by atoms with Gasteiger partial charge < -0.3 is 5.32 Å². The SMILES string of the molecule is Cc1ccccc1CNC(=O)c1ccccc1[N+](=O)[O-]. The third-order valence-corrected chi connectivity index (χ3v) is 3.05. The average molecular weight is 270 g/mol. The summed E-state index contributed by atoms with van der Waals surface area (Å²) in [6, 6.07) is 13.6. The fourth-order valence-electron chi connectivity index (χ4n) is 1.90. The molecule has 2 aromatic carbocycles. The number of nitrogens with one attached hydrogen (secondary N) is 1. The summed E-state index contributed by atoms with van der Waals surface area (Å²) in [4.78, 5) is 22.4. The maximum Gasteiger partial charge on any atom is 0.282 e. The number of carbonyl (C=O) groups excluding carboxylic acids is 1. The number of benzene rings is 2. The van der Waals surface area contributed by atoms with E-state index >= 15 is 0 Å². The second-order valence-electron chi connectivity index (χ2n) is 4.38. The van der Waals surface area contributed by atoms with Gasteiger partial charge in [0.1, 0.15) is 5.56 Å². The van der Waals surface area contributed by atoms with Crippen molar-refractivity contribution in [2.45, 2.75) is 13.5 Å². The van der Waals surface area contributed by atoms with Crippen LogP contribution < -0.4 is 5.32 Å². The van der Waals surface area contributed by atoms with Crippen molar-refractivity contribution < 1.29 is 9.72 Å². The molecule has 0 radical (unpaired) electrons. The van der Waals surface area contributed by atoms with Crippen molar-refractivity contribution in [1.29, 1.82) is 0 Å². The number of para-hydroxylation sites is 1. The van der Waals surface area contributed by atoms with Gasteiger partial charge in [-0.3, -0.25) is 14.9 Å². The predicted octanol–water partition coefficient (Wildman–Crippen LogP) is 2.83. The first-order valence-electron chi connectivity index (χ1n) is 6.15. The van der Waals surface area contributed by atoms with E-state index in [0.29, 0.717) is 6.54 Å². The van der Waals surface area contributed by atoms with Crippen LogP contribution in [0.3, 0.4) is 0 Å². The number of aryl methyl sites for hydroxylation is 1. The molecule has 0 aliphatic carbocycles. The molecule has 0 saturated heterocycles. The van der Waals surface area contributed by atoms with Crippen LogP contribution in [0.2, 0.25) is 0 Å². The molecule has 102 valence electrons. The van der Waals surface area contributed by atoms with Crippen LogP contribution in [0.4, 0.5) is 5.69 Å². The summed E-state index contributed by atoms with van der Waals surface area (Å²) in [6.07, 6.45) is 0. The van der Waals surface area contributed by atoms with Crippen LogP contribution in [-0.2, 0) is 6.54 Å². The Kier molecular flexibility index (Phi) is 4.10. The Labute approximate surface area is 116 Å². The summed E-state index contributed by atoms with van der Waals surface area (Å²) in [6.45, 7) is 2.30. The molecule has 2 aromatic rings. The normalized spacial score (nSPS) is 10.1. The highest BCUT2D eigenvalue weighted by atomic mass is 16.6. The third kappa shape index (κ3) is 3.00. The highest BCUT2D eigenvalue weighted by molar-refractivity contribution is 5.98. The largest absolute Gasteiger partial charge is 0.348 e. The van der Waals surface area contributed by atoms with Gasteiger partial charge in [0.05, 0.1) is 4.92 Å². The number of hydrogen-bond donors (Lipinski definition) is 1. The van der Waals surface area contributed by atoms with Gasteiger partial charge in [-0.05, 0) is 24.1 Å². The van der Waals surface area contributed by atoms with Crippen LogP contribution in [0, 0.1) is 17.0 Å². The predicted molar refractivity (Wildman–Crippen MR) is 75.4 cm³/mol. The Morgan fingerprint density at radius 3 is 2.50 bits per heavy atom. The molecule has 5 heteroatoms. The fraction of sp³-hybridized carbons (Fsp3) is 0.133. The Hall–Kier alpha value is -2.69. The Bertz CT molecular complexity index is 653. The summed E-state index contributed by atoms with van der Waals surface area (Å²) in [5, 5.41) is 13.6. The van der Waals surface area contributed by atoms with Gasteiger partial charge in [0.15, 0.2) is 0 Å². The van der Waals surface area contributed by atoms with E-state index in [9.17, 15) is 14.9 Å². The number of amides is 1. The molecule has 0 fully saturated rings. The summed E-state index contributed by atoms with van der Waals surface area (Å²) in [5.74, 6) is -0.444. The molecular weight excluding hydrogens is 256 g/mol. The van der Waals surface area contributed by atoms with E-state index in [1.807, 2.05) is 31.2 Å². The van der Waals surface area contributed by atoms with Crippen LogP contribution in [0.5, 0.6) is 0 Å². The smallest absolute Gasteiger partial charge is 0.282 e. The first kappa shape index (κ1) is 13.7. The van der Waals surface area contributed by atoms with E-state index in [-0.39, 0.29) is 11.3 Å². The number of carbonyl (C=O) groups is 1. The standard InChI is InChI=1S/C15H14N2O3/c1-11-6-2-3-7-12(11)10-16-15(18)13-8-4-5-9-14(13)17(19)20/h2-9H,10H2,1H3,(H,16,18). The number of nitro benzene ring substituents is 1. The lowest BCUT2D eigenvalue weighted by Gasteiger charge is -2.08. The second kappa shape index (κ2) is 5.97. The second-order valence-corrected chi connectivity index (χ2v) is 4.38. The molecule has 20 heavy (non-hydrogen) atoms. The summed E-state index contributed by atoms with van der Waals surface area (Å²) in [7, 11) is 0. The molecule has 0 aliphatic rings. The zero-order valence-electron chi connectivity index (χ0n) is 11.0. The lowest BCUT2D eigenvalue weighted by Crippen LogP contribution is -2.24. The van der Waals surface area contributed by atoms with Gasteiger partial charge >= 0.3 is 0 Å². The van der Waals surface area contributed by atoms with Crippen LogP contribution in [-0.4, -0.2) is 10.8 Å². The van der Waals surface area contributed by atoms with E-state index in [2.05, 4.69) is 5.32 Å². The van der Waals surface area contributed by atoms with Gasteiger partial charge in [-0.2, -0.15) is 0 Å². The van der Waals surface area contributed by atoms with Crippen molar-refractivity contribution in [3.05, 3.63) is 75.3 Å². The van der Waals surface area contributed by atoms with E-state index in [1.165, 1.54) is 18.2 Å². The van der Waals surface area contributed by atoms with E-state index in [1.54, 1.807) is 6.07 Å². The molecule has 0 unspecified atom stereocenters. The Morgan fingerprint density at radius 2 is 1.80 bits per heavy atom. The minimum absolute atomic E-state index is 0.0751. The number of nitro groups is 1. The van der Waals surface area contributed by atoms with Gasteiger partial charge in [0, 0.05) is 12.6 Å². The molecule has 0 aromatic heterocycles. The summed E-state index contributed by atoms with van der Waals surface area (Å²) >= 11 is 0. The molecule has 0 atom stereocenters. The van der Waals surface area contributed by atoms with Crippen molar-refractivity contribution >= 4 is 11.6 Å². The minimum Gasteiger partial charge on any atom is -0.348 e. The van der Waals surface area contributed by atoms with E-state index in [0.717, 1.165) is 11.1 Å². The van der Waals surface area contributed by atoms with Crippen molar-refractivity contribution in [2.75, 3.05) is 0 Å². The van der Waals surface area contributed by atoms with E-state index in [4.69, 9.17) is 0 Å². The lowest BCUT2D eigenvalue weighted by atomic mass is 10.1. The van der Waals surface area contributed by atoms with Crippen LogP contribution in [0.1, 0.15) is 21.5 Å². The summed E-state index contributed by atoms with van der Waals surface area (Å²) in [5.41, 5.74) is 1.94. The first-order valence-corrected chi connectivity index (χ1v) is 6.15. The maximum absolute atomic E-state index is 12.0. The van der Waals surface area contributed by atoms with Crippen molar-refractivity contribution in [3.8, 4) is 0 Å². The summed E-state index contributed by atoms with van der Waals surface area (Å²) < 4.78 is 0. The van der Waals surface area contributed by atoms with Crippen LogP contribution >= 0.6 is 0 Å². The number of rotatable bonds is 4. The number of nitrogens with zero attached hydrogens (tertiary/aromatic N) is 1. The molecule has 5 nitrogen and oxygen atoms in total.